The number of aryl methyl sites for hydroxylation is 1. The van der Waals surface area contributed by atoms with Crippen LogP contribution in [0, 0.1) is 6.92 Å². The van der Waals surface area contributed by atoms with Crippen molar-refractivity contribution in [2.75, 3.05) is 7.05 Å². The first-order valence-corrected chi connectivity index (χ1v) is 3.90. The van der Waals surface area contributed by atoms with E-state index in [1.807, 2.05) is 31.2 Å². The molecular formula is C8H10ClN3. The van der Waals surface area contributed by atoms with Gasteiger partial charge < -0.3 is 0 Å². The second-order valence-electron chi connectivity index (χ2n) is 2.47. The Hall–Kier alpha value is -1.09. The standard InChI is InChI=1S/C8H10ClN3/c1-7-3-5-8(6-4-7)10-11-12(2)9/h3-6H,1-2H3. The molecule has 0 spiro atoms. The van der Waals surface area contributed by atoms with Crippen molar-refractivity contribution in [2.24, 2.45) is 10.3 Å². The van der Waals surface area contributed by atoms with Gasteiger partial charge in [0.15, 0.2) is 0 Å². The lowest BCUT2D eigenvalue weighted by Crippen LogP contribution is -1.89. The van der Waals surface area contributed by atoms with E-state index in [0.29, 0.717) is 0 Å². The molecule has 1 aromatic rings. The molecule has 0 saturated carbocycles. The zero-order valence-corrected chi connectivity index (χ0v) is 7.78. The van der Waals surface area contributed by atoms with E-state index in [1.54, 1.807) is 7.05 Å². The molecule has 0 heterocycles. The van der Waals surface area contributed by atoms with Crippen LogP contribution in [-0.4, -0.2) is 11.6 Å². The fraction of sp³-hybridized carbons (Fsp3) is 0.250. The van der Waals surface area contributed by atoms with Crippen LogP contribution >= 0.6 is 11.8 Å². The lowest BCUT2D eigenvalue weighted by Gasteiger charge is -1.96. The summed E-state index contributed by atoms with van der Waals surface area (Å²) in [4.78, 5) is 0. The molecule has 0 radical (unpaired) electrons. The van der Waals surface area contributed by atoms with Crippen molar-refractivity contribution in [3.05, 3.63) is 29.8 Å². The van der Waals surface area contributed by atoms with E-state index in [0.717, 1.165) is 10.2 Å². The number of rotatable bonds is 2. The largest absolute Gasteiger partial charge is 0.190 e. The van der Waals surface area contributed by atoms with E-state index in [9.17, 15) is 0 Å². The maximum atomic E-state index is 5.43. The average molecular weight is 184 g/mol. The Balaban J connectivity index is 2.71. The molecule has 0 fully saturated rings. The molecule has 64 valence electrons. The summed E-state index contributed by atoms with van der Waals surface area (Å²) in [6.07, 6.45) is 0. The molecular weight excluding hydrogens is 174 g/mol. The molecule has 0 saturated heterocycles. The first-order valence-electron chi connectivity index (χ1n) is 3.56. The highest BCUT2D eigenvalue weighted by Crippen LogP contribution is 2.13. The fourth-order valence-corrected chi connectivity index (χ4v) is 0.759. The summed E-state index contributed by atoms with van der Waals surface area (Å²) in [7, 11) is 1.61. The lowest BCUT2D eigenvalue weighted by atomic mass is 10.2. The summed E-state index contributed by atoms with van der Waals surface area (Å²) in [5.74, 6) is 0. The van der Waals surface area contributed by atoms with Gasteiger partial charge in [-0.1, -0.05) is 22.9 Å². The minimum Gasteiger partial charge on any atom is -0.190 e. The third-order valence-electron chi connectivity index (χ3n) is 1.32. The fourth-order valence-electron chi connectivity index (χ4n) is 0.725. The highest BCUT2D eigenvalue weighted by atomic mass is 35.5. The normalized spacial score (nSPS) is 10.6. The average Bonchev–Trinajstić information content (AvgIpc) is 2.03. The van der Waals surface area contributed by atoms with Crippen LogP contribution in [0.4, 0.5) is 5.69 Å². The number of hydrogen-bond donors (Lipinski definition) is 0. The molecule has 0 amide bonds. The van der Waals surface area contributed by atoms with Gasteiger partial charge in [0.25, 0.3) is 0 Å². The van der Waals surface area contributed by atoms with Crippen LogP contribution in [0.3, 0.4) is 0 Å². The molecule has 1 rings (SSSR count). The van der Waals surface area contributed by atoms with Gasteiger partial charge in [-0.2, -0.15) is 4.53 Å². The van der Waals surface area contributed by atoms with Gasteiger partial charge in [-0.3, -0.25) is 0 Å². The molecule has 0 aliphatic heterocycles. The minimum absolute atomic E-state index is 0.799. The van der Waals surface area contributed by atoms with E-state index in [1.165, 1.54) is 5.56 Å². The van der Waals surface area contributed by atoms with Crippen LogP contribution in [0.2, 0.25) is 0 Å². The zero-order valence-electron chi connectivity index (χ0n) is 7.03. The van der Waals surface area contributed by atoms with Gasteiger partial charge in [0.1, 0.15) is 0 Å². The van der Waals surface area contributed by atoms with Crippen molar-refractivity contribution < 1.29 is 0 Å². The second kappa shape index (κ2) is 4.07. The van der Waals surface area contributed by atoms with Crippen LogP contribution in [0.5, 0.6) is 0 Å². The molecule has 0 N–H and O–H groups in total. The van der Waals surface area contributed by atoms with Crippen molar-refractivity contribution in [2.45, 2.75) is 6.92 Å². The molecule has 0 bridgehead atoms. The Kier molecular flexibility index (Phi) is 3.05. The number of halogens is 1. The van der Waals surface area contributed by atoms with Crippen molar-refractivity contribution >= 4 is 17.5 Å². The van der Waals surface area contributed by atoms with E-state index >= 15 is 0 Å². The molecule has 4 heteroatoms. The van der Waals surface area contributed by atoms with Gasteiger partial charge in [-0.15, -0.1) is 5.11 Å². The summed E-state index contributed by atoms with van der Waals surface area (Å²) in [5, 5.41) is 7.51. The molecule has 0 aromatic heterocycles. The molecule has 3 nitrogen and oxygen atoms in total. The molecule has 0 aliphatic carbocycles. The smallest absolute Gasteiger partial charge is 0.0874 e. The van der Waals surface area contributed by atoms with Gasteiger partial charge in [-0.25, -0.2) is 0 Å². The van der Waals surface area contributed by atoms with Crippen LogP contribution in [0.25, 0.3) is 0 Å². The zero-order chi connectivity index (χ0) is 8.97. The Bertz CT molecular complexity index is 266. The van der Waals surface area contributed by atoms with Gasteiger partial charge in [0.2, 0.25) is 0 Å². The van der Waals surface area contributed by atoms with Gasteiger partial charge in [-0.05, 0) is 19.1 Å². The first-order chi connectivity index (χ1) is 5.68. The first kappa shape index (κ1) is 9.00. The van der Waals surface area contributed by atoms with Crippen LogP contribution in [0.15, 0.2) is 34.6 Å². The van der Waals surface area contributed by atoms with Gasteiger partial charge in [0, 0.05) is 18.8 Å². The highest BCUT2D eigenvalue weighted by Gasteiger charge is 1.88. The predicted molar refractivity (Wildman–Crippen MR) is 49.3 cm³/mol. The topological polar surface area (TPSA) is 28.0 Å². The van der Waals surface area contributed by atoms with Crippen LogP contribution in [0.1, 0.15) is 5.56 Å². The Morgan fingerprint density at radius 3 is 2.33 bits per heavy atom. The third-order valence-corrected chi connectivity index (χ3v) is 1.39. The quantitative estimate of drug-likeness (QED) is 0.394. The maximum absolute atomic E-state index is 5.43. The summed E-state index contributed by atoms with van der Waals surface area (Å²) < 4.78 is 1.14. The molecule has 0 aliphatic rings. The summed E-state index contributed by atoms with van der Waals surface area (Å²) in [6.45, 7) is 2.02. The molecule has 0 atom stereocenters. The SMILES string of the molecule is Cc1ccc(N=NN(C)Cl)cc1. The number of hydrogen-bond acceptors (Lipinski definition) is 2. The van der Waals surface area contributed by atoms with E-state index < -0.39 is 0 Å². The van der Waals surface area contributed by atoms with Crippen molar-refractivity contribution in [3.8, 4) is 0 Å². The number of nitrogens with zero attached hydrogens (tertiary/aromatic N) is 3. The van der Waals surface area contributed by atoms with Crippen molar-refractivity contribution in [1.82, 2.24) is 4.53 Å². The second-order valence-corrected chi connectivity index (χ2v) is 2.96. The Morgan fingerprint density at radius 1 is 1.25 bits per heavy atom. The van der Waals surface area contributed by atoms with Gasteiger partial charge >= 0.3 is 0 Å². The molecule has 12 heavy (non-hydrogen) atoms. The maximum Gasteiger partial charge on any atom is 0.0874 e. The highest BCUT2D eigenvalue weighted by molar-refractivity contribution is 6.12. The predicted octanol–water partition coefficient (Wildman–Crippen LogP) is 3.08. The third kappa shape index (κ3) is 2.88. The Labute approximate surface area is 76.8 Å². The number of benzene rings is 1. The minimum atomic E-state index is 0.799. The van der Waals surface area contributed by atoms with E-state index in [2.05, 4.69) is 10.3 Å². The summed E-state index contributed by atoms with van der Waals surface area (Å²) >= 11 is 5.43. The summed E-state index contributed by atoms with van der Waals surface area (Å²) in [6, 6.07) is 7.73. The van der Waals surface area contributed by atoms with E-state index in [4.69, 9.17) is 11.8 Å². The lowest BCUT2D eigenvalue weighted by molar-refractivity contribution is 0.552. The summed E-state index contributed by atoms with van der Waals surface area (Å²) in [5.41, 5.74) is 2.00. The van der Waals surface area contributed by atoms with E-state index in [-0.39, 0.29) is 0 Å². The monoisotopic (exact) mass is 183 g/mol. The van der Waals surface area contributed by atoms with Crippen molar-refractivity contribution in [3.63, 3.8) is 0 Å². The molecule has 0 unspecified atom stereocenters. The van der Waals surface area contributed by atoms with Crippen LogP contribution < -0.4 is 0 Å². The van der Waals surface area contributed by atoms with Crippen LogP contribution in [-0.2, 0) is 0 Å². The molecule has 1 aromatic carbocycles. The Morgan fingerprint density at radius 2 is 1.83 bits per heavy atom. The van der Waals surface area contributed by atoms with Crippen molar-refractivity contribution in [1.29, 1.82) is 0 Å². The van der Waals surface area contributed by atoms with Gasteiger partial charge in [0.05, 0.1) is 5.69 Å².